The summed E-state index contributed by atoms with van der Waals surface area (Å²) in [5, 5.41) is 0. The molecule has 114 valence electrons. The molecule has 0 aliphatic carbocycles. The fourth-order valence-corrected chi connectivity index (χ4v) is 2.60. The number of hydrogen-bond donors (Lipinski definition) is 1. The smallest absolute Gasteiger partial charge is 0.0461 e. The number of nitrogens with zero attached hydrogens (tertiary/aromatic N) is 2. The minimum Gasteiger partial charge on any atom is -0.398 e. The van der Waals surface area contributed by atoms with Crippen LogP contribution in [0, 0.1) is 0 Å². The van der Waals surface area contributed by atoms with Gasteiger partial charge in [-0.1, -0.05) is 26.8 Å². The van der Waals surface area contributed by atoms with Gasteiger partial charge < -0.3 is 10.6 Å². The lowest BCUT2D eigenvalue weighted by molar-refractivity contribution is 0.238. The van der Waals surface area contributed by atoms with Crippen LogP contribution in [0.15, 0.2) is 22.7 Å². The number of halogens is 1. The van der Waals surface area contributed by atoms with Gasteiger partial charge in [-0.2, -0.15) is 0 Å². The topological polar surface area (TPSA) is 32.5 Å². The zero-order valence-corrected chi connectivity index (χ0v) is 14.6. The van der Waals surface area contributed by atoms with Crippen molar-refractivity contribution < 1.29 is 0 Å². The number of hydrogen-bond acceptors (Lipinski definition) is 3. The molecule has 20 heavy (non-hydrogen) atoms. The van der Waals surface area contributed by atoms with Crippen LogP contribution in [0.5, 0.6) is 0 Å². The zero-order valence-electron chi connectivity index (χ0n) is 13.0. The van der Waals surface area contributed by atoms with E-state index in [2.05, 4.69) is 58.6 Å². The van der Waals surface area contributed by atoms with E-state index in [9.17, 15) is 0 Å². The number of nitrogens with two attached hydrogens (primary N) is 1. The molecule has 0 radical (unpaired) electrons. The Morgan fingerprint density at radius 2 is 1.60 bits per heavy atom. The Balaban J connectivity index is 2.44. The SMILES string of the molecule is CCN(CC)CCCN(CC)Cc1ccc(Br)c(N)c1. The minimum absolute atomic E-state index is 0.821. The summed E-state index contributed by atoms with van der Waals surface area (Å²) >= 11 is 3.44. The lowest BCUT2D eigenvalue weighted by atomic mass is 10.2. The van der Waals surface area contributed by atoms with Crippen LogP contribution < -0.4 is 5.73 Å². The van der Waals surface area contributed by atoms with E-state index in [4.69, 9.17) is 5.73 Å². The maximum absolute atomic E-state index is 5.94. The molecule has 1 aromatic carbocycles. The van der Waals surface area contributed by atoms with Crippen molar-refractivity contribution in [1.82, 2.24) is 9.80 Å². The van der Waals surface area contributed by atoms with Gasteiger partial charge in [-0.3, -0.25) is 4.90 Å². The second-order valence-corrected chi connectivity index (χ2v) is 5.96. The summed E-state index contributed by atoms with van der Waals surface area (Å²) in [4.78, 5) is 4.96. The predicted molar refractivity (Wildman–Crippen MR) is 91.9 cm³/mol. The summed E-state index contributed by atoms with van der Waals surface area (Å²) in [5.74, 6) is 0. The third kappa shape index (κ3) is 5.81. The van der Waals surface area contributed by atoms with Crippen molar-refractivity contribution in [3.05, 3.63) is 28.2 Å². The van der Waals surface area contributed by atoms with Gasteiger partial charge >= 0.3 is 0 Å². The number of benzene rings is 1. The van der Waals surface area contributed by atoms with Crippen molar-refractivity contribution >= 4 is 21.6 Å². The lowest BCUT2D eigenvalue weighted by Gasteiger charge is -2.23. The molecule has 3 nitrogen and oxygen atoms in total. The van der Waals surface area contributed by atoms with Crippen LogP contribution in [0.2, 0.25) is 0 Å². The Bertz CT molecular complexity index is 391. The highest BCUT2D eigenvalue weighted by atomic mass is 79.9. The van der Waals surface area contributed by atoms with Crippen LogP contribution in [0.3, 0.4) is 0 Å². The van der Waals surface area contributed by atoms with Crippen molar-refractivity contribution in [2.24, 2.45) is 0 Å². The summed E-state index contributed by atoms with van der Waals surface area (Å²) in [7, 11) is 0. The Morgan fingerprint density at radius 1 is 1.00 bits per heavy atom. The van der Waals surface area contributed by atoms with Crippen molar-refractivity contribution in [1.29, 1.82) is 0 Å². The molecular formula is C16H28BrN3. The molecule has 0 unspecified atom stereocenters. The molecule has 4 heteroatoms. The maximum atomic E-state index is 5.94. The van der Waals surface area contributed by atoms with Crippen molar-refractivity contribution in [2.75, 3.05) is 38.5 Å². The third-order valence-corrected chi connectivity index (χ3v) is 4.48. The summed E-state index contributed by atoms with van der Waals surface area (Å²) in [6.07, 6.45) is 1.22. The van der Waals surface area contributed by atoms with Crippen LogP contribution in [0.1, 0.15) is 32.8 Å². The van der Waals surface area contributed by atoms with Crippen LogP contribution >= 0.6 is 15.9 Å². The fraction of sp³-hybridized carbons (Fsp3) is 0.625. The van der Waals surface area contributed by atoms with E-state index in [1.165, 1.54) is 18.5 Å². The lowest BCUT2D eigenvalue weighted by Crippen LogP contribution is -2.29. The second-order valence-electron chi connectivity index (χ2n) is 5.11. The predicted octanol–water partition coefficient (Wildman–Crippen LogP) is 3.59. The molecule has 1 aromatic rings. The van der Waals surface area contributed by atoms with Gasteiger partial charge in [-0.25, -0.2) is 0 Å². The Labute approximate surface area is 132 Å². The normalized spacial score (nSPS) is 11.5. The van der Waals surface area contributed by atoms with Gasteiger partial charge in [0.05, 0.1) is 0 Å². The molecule has 0 spiro atoms. The maximum Gasteiger partial charge on any atom is 0.0461 e. The Hall–Kier alpha value is -0.580. The first-order valence-electron chi connectivity index (χ1n) is 7.59. The third-order valence-electron chi connectivity index (χ3n) is 3.76. The van der Waals surface area contributed by atoms with Crippen molar-refractivity contribution in [3.63, 3.8) is 0 Å². The van der Waals surface area contributed by atoms with Crippen LogP contribution in [-0.4, -0.2) is 42.5 Å². The minimum atomic E-state index is 0.821. The first kappa shape index (κ1) is 17.5. The molecule has 0 saturated heterocycles. The van der Waals surface area contributed by atoms with Gasteiger partial charge in [0, 0.05) is 16.7 Å². The van der Waals surface area contributed by atoms with E-state index < -0.39 is 0 Å². The molecule has 0 amide bonds. The first-order valence-corrected chi connectivity index (χ1v) is 8.38. The number of nitrogen functional groups attached to an aromatic ring is 1. The van der Waals surface area contributed by atoms with E-state index in [1.807, 2.05) is 6.07 Å². The van der Waals surface area contributed by atoms with Gasteiger partial charge in [0.2, 0.25) is 0 Å². The van der Waals surface area contributed by atoms with Gasteiger partial charge in [-0.15, -0.1) is 0 Å². The Kier molecular flexibility index (Phi) is 8.19. The van der Waals surface area contributed by atoms with Crippen LogP contribution in [0.25, 0.3) is 0 Å². The molecule has 0 aliphatic heterocycles. The van der Waals surface area contributed by atoms with E-state index in [0.29, 0.717) is 0 Å². The van der Waals surface area contributed by atoms with Gasteiger partial charge in [-0.05, 0) is 72.8 Å². The standard InChI is InChI=1S/C16H28BrN3/c1-4-19(5-2)10-7-11-20(6-3)13-14-8-9-15(17)16(18)12-14/h8-9,12H,4-7,10-11,13,18H2,1-3H3. The monoisotopic (exact) mass is 341 g/mol. The van der Waals surface area contributed by atoms with E-state index >= 15 is 0 Å². The summed E-state index contributed by atoms with van der Waals surface area (Å²) in [5.41, 5.74) is 8.05. The molecule has 0 fully saturated rings. The number of rotatable bonds is 9. The molecular weight excluding hydrogens is 314 g/mol. The second kappa shape index (κ2) is 9.37. The molecule has 0 aromatic heterocycles. The van der Waals surface area contributed by atoms with E-state index in [1.54, 1.807) is 0 Å². The first-order chi connectivity index (χ1) is 9.60. The largest absolute Gasteiger partial charge is 0.398 e. The van der Waals surface area contributed by atoms with Crippen molar-refractivity contribution in [2.45, 2.75) is 33.7 Å². The molecule has 1 rings (SSSR count). The van der Waals surface area contributed by atoms with Gasteiger partial charge in [0.25, 0.3) is 0 Å². The summed E-state index contributed by atoms with van der Waals surface area (Å²) < 4.78 is 0.978. The Morgan fingerprint density at radius 3 is 2.15 bits per heavy atom. The molecule has 0 saturated carbocycles. The zero-order chi connectivity index (χ0) is 15.0. The van der Waals surface area contributed by atoms with Crippen LogP contribution in [-0.2, 0) is 6.54 Å². The highest BCUT2D eigenvalue weighted by Gasteiger charge is 2.06. The molecule has 0 aliphatic rings. The summed E-state index contributed by atoms with van der Waals surface area (Å²) in [6.45, 7) is 13.4. The average Bonchev–Trinajstić information content (AvgIpc) is 2.46. The summed E-state index contributed by atoms with van der Waals surface area (Å²) in [6, 6.07) is 6.25. The van der Waals surface area contributed by atoms with E-state index in [-0.39, 0.29) is 0 Å². The fourth-order valence-electron chi connectivity index (χ4n) is 2.36. The molecule has 2 N–H and O–H groups in total. The average molecular weight is 342 g/mol. The number of anilines is 1. The van der Waals surface area contributed by atoms with Crippen LogP contribution in [0.4, 0.5) is 5.69 Å². The van der Waals surface area contributed by atoms with Crippen molar-refractivity contribution in [3.8, 4) is 0 Å². The molecule has 0 heterocycles. The van der Waals surface area contributed by atoms with Gasteiger partial charge in [0.1, 0.15) is 0 Å². The highest BCUT2D eigenvalue weighted by Crippen LogP contribution is 2.21. The quantitative estimate of drug-likeness (QED) is 0.696. The molecule has 0 bridgehead atoms. The molecule has 0 atom stereocenters. The van der Waals surface area contributed by atoms with E-state index in [0.717, 1.165) is 42.9 Å². The highest BCUT2D eigenvalue weighted by molar-refractivity contribution is 9.10. The van der Waals surface area contributed by atoms with Gasteiger partial charge in [0.15, 0.2) is 0 Å².